The third kappa shape index (κ3) is 6.61. The molecule has 2 aliphatic rings. The van der Waals surface area contributed by atoms with Gasteiger partial charge in [0, 0.05) is 50.8 Å². The van der Waals surface area contributed by atoms with Gasteiger partial charge >= 0.3 is 0 Å². The number of nitrogens with one attached hydrogen (secondary N) is 2. The van der Waals surface area contributed by atoms with Gasteiger partial charge in [-0.05, 0) is 45.7 Å². The van der Waals surface area contributed by atoms with Crippen molar-refractivity contribution in [3.8, 4) is 0 Å². The second-order valence-corrected chi connectivity index (χ2v) is 8.06. The molecule has 3 rings (SSSR count). The van der Waals surface area contributed by atoms with Crippen LogP contribution in [0.5, 0.6) is 0 Å². The van der Waals surface area contributed by atoms with E-state index in [1.807, 2.05) is 7.05 Å². The van der Waals surface area contributed by atoms with Gasteiger partial charge in [0.15, 0.2) is 5.96 Å². The zero-order chi connectivity index (χ0) is 18.5. The molecule has 3 atom stereocenters. The molecule has 2 fully saturated rings. The van der Waals surface area contributed by atoms with Crippen molar-refractivity contribution >= 4 is 29.9 Å². The van der Waals surface area contributed by atoms with E-state index in [1.54, 1.807) is 0 Å². The third-order valence-electron chi connectivity index (χ3n) is 5.80. The van der Waals surface area contributed by atoms with Crippen LogP contribution in [0.25, 0.3) is 0 Å². The maximum Gasteiger partial charge on any atom is 0.191 e. The van der Waals surface area contributed by atoms with Gasteiger partial charge in [-0.2, -0.15) is 0 Å². The van der Waals surface area contributed by atoms with Crippen molar-refractivity contribution in [3.05, 3.63) is 35.9 Å². The van der Waals surface area contributed by atoms with Crippen molar-refractivity contribution in [1.29, 1.82) is 0 Å². The number of hydrogen-bond acceptors (Lipinski definition) is 3. The lowest BCUT2D eigenvalue weighted by molar-refractivity contribution is 0.248. The summed E-state index contributed by atoms with van der Waals surface area (Å²) < 4.78 is 0. The first kappa shape index (κ1) is 22.4. The molecule has 1 aliphatic carbocycles. The monoisotopic (exact) mass is 485 g/mol. The molecule has 152 valence electrons. The molecule has 0 spiro atoms. The second kappa shape index (κ2) is 10.6. The van der Waals surface area contributed by atoms with E-state index in [1.165, 1.54) is 24.8 Å². The molecule has 27 heavy (non-hydrogen) atoms. The quantitative estimate of drug-likeness (QED) is 0.354. The zero-order valence-electron chi connectivity index (χ0n) is 17.2. The molecule has 5 nitrogen and oxygen atoms in total. The van der Waals surface area contributed by atoms with Crippen LogP contribution in [0.3, 0.4) is 0 Å². The lowest BCUT2D eigenvalue weighted by Gasteiger charge is -2.26. The van der Waals surface area contributed by atoms with Crippen LogP contribution in [0.2, 0.25) is 0 Å². The lowest BCUT2D eigenvalue weighted by atomic mass is 10.2. The Kier molecular flexibility index (Phi) is 8.82. The molecule has 1 heterocycles. The number of hydrogen-bond donors (Lipinski definition) is 2. The van der Waals surface area contributed by atoms with Crippen LogP contribution in [-0.2, 0) is 6.54 Å². The molecule has 1 saturated heterocycles. The van der Waals surface area contributed by atoms with Crippen molar-refractivity contribution in [2.75, 3.05) is 27.2 Å². The first-order valence-electron chi connectivity index (χ1n) is 10.0. The highest BCUT2D eigenvalue weighted by molar-refractivity contribution is 14.0. The van der Waals surface area contributed by atoms with Crippen LogP contribution >= 0.6 is 24.0 Å². The maximum atomic E-state index is 4.43. The Morgan fingerprint density at radius 3 is 2.63 bits per heavy atom. The fourth-order valence-corrected chi connectivity index (χ4v) is 3.89. The molecule has 0 amide bonds. The van der Waals surface area contributed by atoms with E-state index >= 15 is 0 Å². The van der Waals surface area contributed by atoms with Crippen molar-refractivity contribution in [3.63, 3.8) is 0 Å². The van der Waals surface area contributed by atoms with Crippen LogP contribution in [0, 0.1) is 0 Å². The van der Waals surface area contributed by atoms with Crippen LogP contribution in [0.1, 0.15) is 38.7 Å². The molecule has 1 aromatic rings. The number of guanidine groups is 1. The standard InChI is InChI=1S/C21H35N5.HI/c1-16-12-19(15-26(16)20-10-11-20)24-21(22-3)23-13-17(2)25(4)14-18-8-6-5-7-9-18;/h5-9,16-17,19-20H,10-15H2,1-4H3,(H2,22,23,24);1H. The van der Waals surface area contributed by atoms with E-state index in [4.69, 9.17) is 0 Å². The Morgan fingerprint density at radius 2 is 2.00 bits per heavy atom. The molecular weight excluding hydrogens is 449 g/mol. The smallest absolute Gasteiger partial charge is 0.191 e. The SMILES string of the molecule is CN=C(NCC(C)N(C)Cc1ccccc1)NC1CC(C)N(C2CC2)C1.I. The third-order valence-corrected chi connectivity index (χ3v) is 5.80. The van der Waals surface area contributed by atoms with Gasteiger partial charge in [-0.1, -0.05) is 30.3 Å². The Balaban J connectivity index is 0.00000261. The first-order valence-corrected chi connectivity index (χ1v) is 10.0. The number of benzene rings is 1. The van der Waals surface area contributed by atoms with E-state index in [-0.39, 0.29) is 24.0 Å². The average molecular weight is 485 g/mol. The molecule has 0 aromatic heterocycles. The largest absolute Gasteiger partial charge is 0.355 e. The van der Waals surface area contributed by atoms with Crippen LogP contribution < -0.4 is 10.6 Å². The van der Waals surface area contributed by atoms with E-state index < -0.39 is 0 Å². The molecule has 3 unspecified atom stereocenters. The number of rotatable bonds is 7. The Bertz CT molecular complexity index is 589. The van der Waals surface area contributed by atoms with Gasteiger partial charge in [-0.25, -0.2) is 0 Å². The molecule has 1 aromatic carbocycles. The summed E-state index contributed by atoms with van der Waals surface area (Å²) in [6.45, 7) is 7.62. The summed E-state index contributed by atoms with van der Waals surface area (Å²) in [5.41, 5.74) is 1.35. The molecular formula is C21H36IN5. The van der Waals surface area contributed by atoms with Crippen LogP contribution in [0.4, 0.5) is 0 Å². The highest BCUT2D eigenvalue weighted by atomic mass is 127. The second-order valence-electron chi connectivity index (χ2n) is 8.06. The molecule has 2 N–H and O–H groups in total. The number of likely N-dealkylation sites (N-methyl/N-ethyl adjacent to an activating group) is 1. The molecule has 1 saturated carbocycles. The molecule has 0 bridgehead atoms. The summed E-state index contributed by atoms with van der Waals surface area (Å²) in [6, 6.07) is 13.1. The highest BCUT2D eigenvalue weighted by Gasteiger charge is 2.38. The fraction of sp³-hybridized carbons (Fsp3) is 0.667. The minimum atomic E-state index is 0. The van der Waals surface area contributed by atoms with Crippen molar-refractivity contribution < 1.29 is 0 Å². The summed E-state index contributed by atoms with van der Waals surface area (Å²) in [4.78, 5) is 9.48. The zero-order valence-corrected chi connectivity index (χ0v) is 19.5. The van der Waals surface area contributed by atoms with Crippen molar-refractivity contribution in [2.45, 2.75) is 63.8 Å². The maximum absolute atomic E-state index is 4.43. The Labute approximate surface area is 182 Å². The summed E-state index contributed by atoms with van der Waals surface area (Å²) in [5.74, 6) is 0.930. The molecule has 1 aliphatic heterocycles. The van der Waals surface area contributed by atoms with E-state index in [0.717, 1.165) is 31.6 Å². The minimum absolute atomic E-state index is 0. The first-order chi connectivity index (χ1) is 12.6. The Hall–Kier alpha value is -0.860. The normalized spacial score (nSPS) is 24.6. The summed E-state index contributed by atoms with van der Waals surface area (Å²) >= 11 is 0. The van der Waals surface area contributed by atoms with Gasteiger partial charge < -0.3 is 10.6 Å². The van der Waals surface area contributed by atoms with Crippen LogP contribution in [-0.4, -0.2) is 67.1 Å². The summed E-state index contributed by atoms with van der Waals surface area (Å²) in [5, 5.41) is 7.15. The van der Waals surface area contributed by atoms with Crippen molar-refractivity contribution in [1.82, 2.24) is 20.4 Å². The molecule has 0 radical (unpaired) electrons. The van der Waals surface area contributed by atoms with Gasteiger partial charge in [-0.15, -0.1) is 24.0 Å². The van der Waals surface area contributed by atoms with E-state index in [2.05, 4.69) is 76.7 Å². The predicted octanol–water partition coefficient (Wildman–Crippen LogP) is 2.92. The number of aliphatic imine (C=N–C) groups is 1. The predicted molar refractivity (Wildman–Crippen MR) is 125 cm³/mol. The Morgan fingerprint density at radius 1 is 1.30 bits per heavy atom. The van der Waals surface area contributed by atoms with Gasteiger partial charge in [-0.3, -0.25) is 14.8 Å². The van der Waals surface area contributed by atoms with Gasteiger partial charge in [0.05, 0.1) is 0 Å². The lowest BCUT2D eigenvalue weighted by Crippen LogP contribution is -2.48. The van der Waals surface area contributed by atoms with Crippen molar-refractivity contribution in [2.24, 2.45) is 4.99 Å². The van der Waals surface area contributed by atoms with Gasteiger partial charge in [0.1, 0.15) is 0 Å². The van der Waals surface area contributed by atoms with E-state index in [9.17, 15) is 0 Å². The molecule has 6 heteroatoms. The van der Waals surface area contributed by atoms with E-state index in [0.29, 0.717) is 18.1 Å². The number of likely N-dealkylation sites (tertiary alicyclic amines) is 1. The van der Waals surface area contributed by atoms with Gasteiger partial charge in [0.2, 0.25) is 0 Å². The summed E-state index contributed by atoms with van der Waals surface area (Å²) in [7, 11) is 4.05. The highest BCUT2D eigenvalue weighted by Crippen LogP contribution is 2.33. The topological polar surface area (TPSA) is 42.9 Å². The number of halogens is 1. The average Bonchev–Trinajstić information content (AvgIpc) is 3.42. The van der Waals surface area contributed by atoms with Crippen LogP contribution in [0.15, 0.2) is 35.3 Å². The summed E-state index contributed by atoms with van der Waals surface area (Å²) in [6.07, 6.45) is 3.98. The van der Waals surface area contributed by atoms with Gasteiger partial charge in [0.25, 0.3) is 0 Å². The number of nitrogens with zero attached hydrogens (tertiary/aromatic N) is 3. The fourth-order valence-electron chi connectivity index (χ4n) is 3.89. The minimum Gasteiger partial charge on any atom is -0.355 e.